The standard InChI is InChI=1S/C42H71N5O8/c1-12-28(6)38(46(9)41(51)36(26(2)3)44-40(50)37(27(4)5)45(8)22-20-43)34(54-10)25-35(49)47-21-16-19-32(47)39(55-11)29(7)33(48)24-31(42(52)53)23-30-17-14-13-15-18-30/h13-15,17-18,26-29,31-32,34,36-39H,12,16,19-25,43H2,1-11H3,(H,44,50)(H,52,53)/t28-,29-,31+,32-,34+,36-,37-,38-,39+/m0/s1. The topological polar surface area (TPSA) is 172 Å². The van der Waals surface area contributed by atoms with Gasteiger partial charge in [-0.3, -0.25) is 28.9 Å². The first-order chi connectivity index (χ1) is 25.9. The number of hydrogen-bond donors (Lipinski definition) is 3. The van der Waals surface area contributed by atoms with Gasteiger partial charge in [0.25, 0.3) is 0 Å². The van der Waals surface area contributed by atoms with Crippen molar-refractivity contribution in [2.45, 2.75) is 123 Å². The van der Waals surface area contributed by atoms with Crippen LogP contribution in [0.1, 0.15) is 86.1 Å². The summed E-state index contributed by atoms with van der Waals surface area (Å²) in [6.45, 7) is 15.0. The number of benzene rings is 1. The number of Topliss-reactive ketones (excluding diaryl/α,β-unsaturated/α-hetero) is 1. The minimum atomic E-state index is -1.03. The van der Waals surface area contributed by atoms with Gasteiger partial charge in [0.15, 0.2) is 0 Å². The molecule has 0 saturated carbocycles. The first kappa shape index (κ1) is 47.8. The smallest absolute Gasteiger partial charge is 0.307 e. The molecule has 4 N–H and O–H groups in total. The normalized spacial score (nSPS) is 19.0. The van der Waals surface area contributed by atoms with E-state index in [1.54, 1.807) is 30.9 Å². The molecule has 0 unspecified atom stereocenters. The zero-order valence-electron chi connectivity index (χ0n) is 35.3. The second-order valence-electron chi connectivity index (χ2n) is 16.2. The van der Waals surface area contributed by atoms with E-state index in [1.165, 1.54) is 7.11 Å². The van der Waals surface area contributed by atoms with Crippen LogP contribution < -0.4 is 11.1 Å². The minimum absolute atomic E-state index is 0.00539. The molecule has 0 bridgehead atoms. The molecule has 312 valence electrons. The molecule has 13 heteroatoms. The van der Waals surface area contributed by atoms with Gasteiger partial charge in [0.2, 0.25) is 17.7 Å². The fourth-order valence-corrected chi connectivity index (χ4v) is 8.24. The van der Waals surface area contributed by atoms with Gasteiger partial charge in [-0.25, -0.2) is 0 Å². The van der Waals surface area contributed by atoms with Crippen LogP contribution >= 0.6 is 0 Å². The molecule has 0 radical (unpaired) electrons. The maximum absolute atomic E-state index is 14.3. The van der Waals surface area contributed by atoms with Gasteiger partial charge >= 0.3 is 5.97 Å². The fraction of sp³-hybridized carbons (Fsp3) is 0.738. The molecule has 13 nitrogen and oxygen atoms in total. The van der Waals surface area contributed by atoms with Crippen molar-refractivity contribution in [1.29, 1.82) is 0 Å². The molecular formula is C42H71N5O8. The van der Waals surface area contributed by atoms with E-state index in [9.17, 15) is 29.1 Å². The molecule has 2 rings (SSSR count). The molecule has 55 heavy (non-hydrogen) atoms. The number of nitrogens with one attached hydrogen (secondary N) is 1. The molecular weight excluding hydrogens is 702 g/mol. The van der Waals surface area contributed by atoms with Gasteiger partial charge in [0, 0.05) is 53.2 Å². The van der Waals surface area contributed by atoms with Crippen molar-refractivity contribution in [2.75, 3.05) is 47.9 Å². The van der Waals surface area contributed by atoms with Crippen molar-refractivity contribution in [2.24, 2.45) is 35.3 Å². The van der Waals surface area contributed by atoms with Crippen LogP contribution in [0.2, 0.25) is 0 Å². The summed E-state index contributed by atoms with van der Waals surface area (Å²) in [4.78, 5) is 73.3. The predicted octanol–water partition coefficient (Wildman–Crippen LogP) is 3.87. The molecule has 0 aromatic heterocycles. The molecule has 1 heterocycles. The maximum Gasteiger partial charge on any atom is 0.307 e. The van der Waals surface area contributed by atoms with Crippen LogP contribution in [0.3, 0.4) is 0 Å². The zero-order chi connectivity index (χ0) is 41.6. The fourth-order valence-electron chi connectivity index (χ4n) is 8.24. The minimum Gasteiger partial charge on any atom is -0.481 e. The van der Waals surface area contributed by atoms with Crippen molar-refractivity contribution in [3.8, 4) is 0 Å². The summed E-state index contributed by atoms with van der Waals surface area (Å²) in [5.74, 6) is -3.72. The van der Waals surface area contributed by atoms with Gasteiger partial charge in [-0.15, -0.1) is 0 Å². The molecule has 1 aliphatic heterocycles. The van der Waals surface area contributed by atoms with E-state index in [0.29, 0.717) is 32.5 Å². The number of carbonyl (C=O) groups excluding carboxylic acids is 4. The molecule has 1 saturated heterocycles. The third-order valence-corrected chi connectivity index (χ3v) is 11.6. The van der Waals surface area contributed by atoms with Gasteiger partial charge in [-0.2, -0.15) is 0 Å². The lowest BCUT2D eigenvalue weighted by atomic mass is 9.85. The number of ketones is 1. The number of carboxylic acids is 1. The molecule has 3 amide bonds. The van der Waals surface area contributed by atoms with E-state index >= 15 is 0 Å². The van der Waals surface area contributed by atoms with E-state index in [2.05, 4.69) is 5.32 Å². The summed E-state index contributed by atoms with van der Waals surface area (Å²) >= 11 is 0. The zero-order valence-corrected chi connectivity index (χ0v) is 35.3. The van der Waals surface area contributed by atoms with Crippen LogP contribution in [0.5, 0.6) is 0 Å². The summed E-state index contributed by atoms with van der Waals surface area (Å²) in [6, 6.07) is 7.11. The van der Waals surface area contributed by atoms with Crippen LogP contribution in [-0.4, -0.2) is 134 Å². The number of hydrogen-bond acceptors (Lipinski definition) is 9. The van der Waals surface area contributed by atoms with Crippen LogP contribution in [0.15, 0.2) is 30.3 Å². The van der Waals surface area contributed by atoms with Crippen molar-refractivity contribution in [3.05, 3.63) is 35.9 Å². The number of likely N-dealkylation sites (tertiary alicyclic amines) is 1. The van der Waals surface area contributed by atoms with Crippen molar-refractivity contribution >= 4 is 29.5 Å². The first-order valence-corrected chi connectivity index (χ1v) is 20.1. The number of likely N-dealkylation sites (N-methyl/N-ethyl adjacent to an activating group) is 2. The van der Waals surface area contributed by atoms with Gasteiger partial charge in [-0.05, 0) is 49.6 Å². The number of carbonyl (C=O) groups is 5. The lowest BCUT2D eigenvalue weighted by Gasteiger charge is -2.41. The Labute approximate surface area is 330 Å². The Balaban J connectivity index is 2.28. The maximum atomic E-state index is 14.3. The van der Waals surface area contributed by atoms with Gasteiger partial charge in [0.05, 0.1) is 42.7 Å². The van der Waals surface area contributed by atoms with Crippen LogP contribution in [0.25, 0.3) is 0 Å². The average molecular weight is 774 g/mol. The molecule has 0 spiro atoms. The Morgan fingerprint density at radius 1 is 0.964 bits per heavy atom. The van der Waals surface area contributed by atoms with Gasteiger partial charge < -0.3 is 35.4 Å². The van der Waals surface area contributed by atoms with Crippen LogP contribution in [0.4, 0.5) is 0 Å². The Bertz CT molecular complexity index is 1380. The van der Waals surface area contributed by atoms with Crippen molar-refractivity contribution < 1.29 is 38.6 Å². The van der Waals surface area contributed by atoms with E-state index in [0.717, 1.165) is 12.0 Å². The van der Waals surface area contributed by atoms with E-state index in [-0.39, 0.29) is 66.6 Å². The number of rotatable bonds is 24. The summed E-state index contributed by atoms with van der Waals surface area (Å²) < 4.78 is 11.9. The van der Waals surface area contributed by atoms with Crippen molar-refractivity contribution in [3.63, 3.8) is 0 Å². The molecule has 9 atom stereocenters. The number of methoxy groups -OCH3 is 2. The van der Waals surface area contributed by atoms with Crippen LogP contribution in [-0.2, 0) is 39.9 Å². The number of amides is 3. The largest absolute Gasteiger partial charge is 0.481 e. The summed E-state index contributed by atoms with van der Waals surface area (Å²) in [5.41, 5.74) is 6.63. The Kier molecular flexibility index (Phi) is 20.0. The predicted molar refractivity (Wildman–Crippen MR) is 214 cm³/mol. The molecule has 1 fully saturated rings. The average Bonchev–Trinajstić information content (AvgIpc) is 3.63. The Hall–Kier alpha value is -3.39. The second-order valence-corrected chi connectivity index (χ2v) is 16.2. The quantitative estimate of drug-likeness (QED) is 0.140. The number of nitrogens with two attached hydrogens (primary N) is 1. The summed E-state index contributed by atoms with van der Waals surface area (Å²) in [7, 11) is 6.64. The highest BCUT2D eigenvalue weighted by Gasteiger charge is 2.43. The number of nitrogens with zero attached hydrogens (tertiary/aromatic N) is 3. The van der Waals surface area contributed by atoms with Gasteiger partial charge in [0.1, 0.15) is 11.8 Å². The monoisotopic (exact) mass is 774 g/mol. The number of carboxylic acid groups (broad SMARTS) is 1. The Morgan fingerprint density at radius 2 is 1.60 bits per heavy atom. The SMILES string of the molecule is CC[C@H](C)[C@@H]([C@@H](CC(=O)N1CCC[C@H]1[C@H](OC)[C@@H](C)C(=O)C[C@@H](Cc1ccccc1)C(=O)O)OC)N(C)C(=O)[C@@H](NC(=O)[C@H](C(C)C)N(C)CCN)C(C)C. The molecule has 1 aromatic rings. The second kappa shape index (κ2) is 23.0. The van der Waals surface area contributed by atoms with Crippen molar-refractivity contribution in [1.82, 2.24) is 20.0 Å². The van der Waals surface area contributed by atoms with Crippen LogP contribution in [0, 0.1) is 29.6 Å². The summed E-state index contributed by atoms with van der Waals surface area (Å²) in [5, 5.41) is 13.0. The summed E-state index contributed by atoms with van der Waals surface area (Å²) in [6.07, 6.45) is 0.872. The Morgan fingerprint density at radius 3 is 2.11 bits per heavy atom. The van der Waals surface area contributed by atoms with E-state index < -0.39 is 48.1 Å². The van der Waals surface area contributed by atoms with E-state index in [1.807, 2.05) is 83.8 Å². The molecule has 0 aliphatic carbocycles. The number of aliphatic carboxylic acids is 1. The lowest BCUT2D eigenvalue weighted by Crippen LogP contribution is -2.60. The third-order valence-electron chi connectivity index (χ3n) is 11.6. The highest BCUT2D eigenvalue weighted by atomic mass is 16.5. The molecule has 1 aromatic carbocycles. The number of ether oxygens (including phenoxy) is 2. The lowest BCUT2D eigenvalue weighted by molar-refractivity contribution is -0.148. The molecule has 1 aliphatic rings. The highest BCUT2D eigenvalue weighted by Crippen LogP contribution is 2.31. The third kappa shape index (κ3) is 13.1. The highest BCUT2D eigenvalue weighted by molar-refractivity contribution is 5.90. The first-order valence-electron chi connectivity index (χ1n) is 20.1. The van der Waals surface area contributed by atoms with Gasteiger partial charge in [-0.1, -0.05) is 85.2 Å². The van der Waals surface area contributed by atoms with E-state index in [4.69, 9.17) is 15.2 Å².